The number of aliphatic carboxylic acids is 1. The fraction of sp³-hybridized carbons (Fsp3) is 0.875. The maximum Gasteiger partial charge on any atom is 0.310 e. The van der Waals surface area contributed by atoms with Crippen LogP contribution in [0.15, 0.2) is 0 Å². The second-order valence-electron chi connectivity index (χ2n) is 3.65. The second kappa shape index (κ2) is 4.42. The van der Waals surface area contributed by atoms with E-state index in [0.717, 1.165) is 0 Å². The zero-order chi connectivity index (χ0) is 9.78. The summed E-state index contributed by atoms with van der Waals surface area (Å²) in [6.45, 7) is 5.48. The highest BCUT2D eigenvalue weighted by molar-refractivity contribution is 5.73. The Morgan fingerprint density at radius 2 is 2.08 bits per heavy atom. The number of hydrogen-bond donors (Lipinski definition) is 3. The Bertz CT molecular complexity index is 156. The van der Waals surface area contributed by atoms with Gasteiger partial charge in [0.15, 0.2) is 0 Å². The Balaban J connectivity index is 3.83. The number of carboxylic acid groups (broad SMARTS) is 1. The molecule has 72 valence electrons. The number of carbonyl (C=O) groups is 1. The van der Waals surface area contributed by atoms with E-state index in [-0.39, 0.29) is 12.6 Å². The summed E-state index contributed by atoms with van der Waals surface area (Å²) in [5, 5.41) is 20.3. The first-order chi connectivity index (χ1) is 5.40. The predicted molar refractivity (Wildman–Crippen MR) is 46.0 cm³/mol. The summed E-state index contributed by atoms with van der Waals surface area (Å²) in [5.74, 6) is -0.833. The number of hydrogen-bond acceptors (Lipinski definition) is 3. The molecule has 3 N–H and O–H groups in total. The molecule has 0 amide bonds. The number of rotatable bonds is 5. The van der Waals surface area contributed by atoms with Gasteiger partial charge in [-0.15, -0.1) is 0 Å². The molecule has 0 aliphatic heterocycles. The molecule has 0 rings (SSSR count). The summed E-state index contributed by atoms with van der Waals surface area (Å²) in [5.41, 5.74) is -0.774. The standard InChI is InChI=1S/C8H17NO3/c1-6(4-10)9-5-8(2,3)7(11)12/h6,9-10H,4-5H2,1-3H3,(H,11,12). The lowest BCUT2D eigenvalue weighted by Crippen LogP contribution is -2.41. The van der Waals surface area contributed by atoms with Gasteiger partial charge in [0.05, 0.1) is 12.0 Å². The summed E-state index contributed by atoms with van der Waals surface area (Å²) < 4.78 is 0. The molecule has 4 nitrogen and oxygen atoms in total. The Morgan fingerprint density at radius 1 is 1.58 bits per heavy atom. The van der Waals surface area contributed by atoms with Crippen LogP contribution in [-0.4, -0.2) is 35.4 Å². The topological polar surface area (TPSA) is 69.6 Å². The van der Waals surface area contributed by atoms with E-state index in [2.05, 4.69) is 5.32 Å². The minimum atomic E-state index is -0.833. The first-order valence-electron chi connectivity index (χ1n) is 3.98. The van der Waals surface area contributed by atoms with Gasteiger partial charge < -0.3 is 15.5 Å². The fourth-order valence-corrected chi connectivity index (χ4v) is 0.570. The van der Waals surface area contributed by atoms with Crippen LogP contribution in [0.25, 0.3) is 0 Å². The maximum atomic E-state index is 10.6. The lowest BCUT2D eigenvalue weighted by Gasteiger charge is -2.21. The summed E-state index contributed by atoms with van der Waals surface area (Å²) >= 11 is 0. The molecule has 0 spiro atoms. The van der Waals surface area contributed by atoms with Crippen molar-refractivity contribution in [1.29, 1.82) is 0 Å². The molecular weight excluding hydrogens is 158 g/mol. The van der Waals surface area contributed by atoms with E-state index in [9.17, 15) is 4.79 Å². The first kappa shape index (κ1) is 11.4. The average molecular weight is 175 g/mol. The van der Waals surface area contributed by atoms with Crippen LogP contribution in [0.2, 0.25) is 0 Å². The molecule has 4 heteroatoms. The van der Waals surface area contributed by atoms with Gasteiger partial charge in [0.1, 0.15) is 0 Å². The van der Waals surface area contributed by atoms with E-state index in [4.69, 9.17) is 10.2 Å². The molecule has 0 aliphatic rings. The Hall–Kier alpha value is -0.610. The molecule has 1 atom stereocenters. The highest BCUT2D eigenvalue weighted by Crippen LogP contribution is 2.13. The molecule has 0 aromatic heterocycles. The first-order valence-corrected chi connectivity index (χ1v) is 3.98. The van der Waals surface area contributed by atoms with Gasteiger partial charge in [-0.25, -0.2) is 0 Å². The van der Waals surface area contributed by atoms with Gasteiger partial charge >= 0.3 is 5.97 Å². The highest BCUT2D eigenvalue weighted by atomic mass is 16.4. The van der Waals surface area contributed by atoms with Gasteiger partial charge in [0, 0.05) is 12.6 Å². The predicted octanol–water partition coefficient (Wildman–Crippen LogP) is 0.0676. The molecule has 0 aliphatic carbocycles. The highest BCUT2D eigenvalue weighted by Gasteiger charge is 2.26. The SMILES string of the molecule is CC(CO)NCC(C)(C)C(=O)O. The van der Waals surface area contributed by atoms with E-state index < -0.39 is 11.4 Å². The zero-order valence-electron chi connectivity index (χ0n) is 7.79. The minimum absolute atomic E-state index is 0.0235. The number of nitrogens with one attached hydrogen (secondary N) is 1. The van der Waals surface area contributed by atoms with Crippen LogP contribution in [0.3, 0.4) is 0 Å². The molecule has 0 bridgehead atoms. The van der Waals surface area contributed by atoms with Crippen LogP contribution in [0.1, 0.15) is 20.8 Å². The lowest BCUT2D eigenvalue weighted by molar-refractivity contribution is -0.146. The quantitative estimate of drug-likeness (QED) is 0.553. The van der Waals surface area contributed by atoms with Crippen molar-refractivity contribution in [3.63, 3.8) is 0 Å². The van der Waals surface area contributed by atoms with Crippen LogP contribution >= 0.6 is 0 Å². The van der Waals surface area contributed by atoms with Crippen molar-refractivity contribution < 1.29 is 15.0 Å². The largest absolute Gasteiger partial charge is 0.481 e. The summed E-state index contributed by atoms with van der Waals surface area (Å²) in [7, 11) is 0. The summed E-state index contributed by atoms with van der Waals surface area (Å²) in [6, 6.07) is -0.0522. The Kier molecular flexibility index (Phi) is 4.20. The van der Waals surface area contributed by atoms with Crippen LogP contribution in [0, 0.1) is 5.41 Å². The van der Waals surface area contributed by atoms with Crippen molar-refractivity contribution in [2.24, 2.45) is 5.41 Å². The minimum Gasteiger partial charge on any atom is -0.481 e. The molecule has 12 heavy (non-hydrogen) atoms. The fourth-order valence-electron chi connectivity index (χ4n) is 0.570. The third-order valence-electron chi connectivity index (χ3n) is 1.75. The van der Waals surface area contributed by atoms with Crippen molar-refractivity contribution >= 4 is 5.97 Å². The van der Waals surface area contributed by atoms with E-state index in [1.165, 1.54) is 0 Å². The van der Waals surface area contributed by atoms with Crippen molar-refractivity contribution in [3.05, 3.63) is 0 Å². The van der Waals surface area contributed by atoms with Crippen LogP contribution < -0.4 is 5.32 Å². The molecular formula is C8H17NO3. The third-order valence-corrected chi connectivity index (χ3v) is 1.75. The molecule has 1 unspecified atom stereocenters. The Labute approximate surface area is 72.6 Å². The van der Waals surface area contributed by atoms with Crippen molar-refractivity contribution in [2.45, 2.75) is 26.8 Å². The second-order valence-corrected chi connectivity index (χ2v) is 3.65. The van der Waals surface area contributed by atoms with Crippen LogP contribution in [-0.2, 0) is 4.79 Å². The molecule has 0 saturated carbocycles. The van der Waals surface area contributed by atoms with E-state index in [1.54, 1.807) is 20.8 Å². The molecule has 0 fully saturated rings. The van der Waals surface area contributed by atoms with Crippen LogP contribution in [0.4, 0.5) is 0 Å². The molecule has 0 saturated heterocycles. The third kappa shape index (κ3) is 3.69. The normalized spacial score (nSPS) is 14.3. The monoisotopic (exact) mass is 175 g/mol. The van der Waals surface area contributed by atoms with E-state index >= 15 is 0 Å². The molecule has 0 aromatic carbocycles. The number of aliphatic hydroxyl groups is 1. The molecule has 0 radical (unpaired) electrons. The smallest absolute Gasteiger partial charge is 0.310 e. The maximum absolute atomic E-state index is 10.6. The van der Waals surface area contributed by atoms with E-state index in [0.29, 0.717) is 6.54 Å². The average Bonchev–Trinajstić information content (AvgIpc) is 2.00. The van der Waals surface area contributed by atoms with Gasteiger partial charge in [-0.2, -0.15) is 0 Å². The van der Waals surface area contributed by atoms with Crippen molar-refractivity contribution in [1.82, 2.24) is 5.32 Å². The van der Waals surface area contributed by atoms with Crippen molar-refractivity contribution in [2.75, 3.05) is 13.2 Å². The van der Waals surface area contributed by atoms with E-state index in [1.807, 2.05) is 0 Å². The van der Waals surface area contributed by atoms with Gasteiger partial charge in [-0.1, -0.05) is 0 Å². The molecule has 0 aromatic rings. The van der Waals surface area contributed by atoms with Crippen molar-refractivity contribution in [3.8, 4) is 0 Å². The molecule has 0 heterocycles. The Morgan fingerprint density at radius 3 is 2.42 bits per heavy atom. The number of aliphatic hydroxyl groups excluding tert-OH is 1. The zero-order valence-corrected chi connectivity index (χ0v) is 7.79. The lowest BCUT2D eigenvalue weighted by atomic mass is 9.93. The van der Waals surface area contributed by atoms with Gasteiger partial charge in [-0.3, -0.25) is 4.79 Å². The number of carboxylic acids is 1. The summed E-state index contributed by atoms with van der Waals surface area (Å²) in [6.07, 6.45) is 0. The van der Waals surface area contributed by atoms with Gasteiger partial charge in [0.2, 0.25) is 0 Å². The summed E-state index contributed by atoms with van der Waals surface area (Å²) in [4.78, 5) is 10.6. The van der Waals surface area contributed by atoms with Gasteiger partial charge in [0.25, 0.3) is 0 Å². The van der Waals surface area contributed by atoms with Crippen LogP contribution in [0.5, 0.6) is 0 Å². The van der Waals surface area contributed by atoms with Gasteiger partial charge in [-0.05, 0) is 20.8 Å².